The van der Waals surface area contributed by atoms with Gasteiger partial charge in [0.05, 0.1) is 5.02 Å². The Bertz CT molecular complexity index is 785. The van der Waals surface area contributed by atoms with Gasteiger partial charge in [0.2, 0.25) is 0 Å². The van der Waals surface area contributed by atoms with E-state index in [-0.39, 0.29) is 5.02 Å². The van der Waals surface area contributed by atoms with Crippen LogP contribution in [-0.4, -0.2) is 11.5 Å². The van der Waals surface area contributed by atoms with Crippen LogP contribution in [0.2, 0.25) is 5.02 Å². The predicted molar refractivity (Wildman–Crippen MR) is 82.5 cm³/mol. The van der Waals surface area contributed by atoms with Crippen molar-refractivity contribution in [2.45, 2.75) is 6.42 Å². The monoisotopic (exact) mass is 304 g/mol. The Hall–Kier alpha value is -2.04. The SMILES string of the molecule is NCCc1cc(F)c(Cl)cc1Oc1ccc2[nH]ccc2c1. The Kier molecular flexibility index (Phi) is 3.82. The van der Waals surface area contributed by atoms with Crippen LogP contribution in [-0.2, 0) is 6.42 Å². The summed E-state index contributed by atoms with van der Waals surface area (Å²) in [7, 11) is 0. The number of halogens is 2. The molecule has 21 heavy (non-hydrogen) atoms. The van der Waals surface area contributed by atoms with E-state index in [1.807, 2.05) is 30.5 Å². The number of fused-ring (bicyclic) bond motifs is 1. The van der Waals surface area contributed by atoms with Crippen molar-refractivity contribution in [3.05, 3.63) is 59.0 Å². The number of aromatic nitrogens is 1. The number of hydrogen-bond acceptors (Lipinski definition) is 2. The largest absolute Gasteiger partial charge is 0.457 e. The van der Waals surface area contributed by atoms with Crippen LogP contribution >= 0.6 is 11.6 Å². The molecule has 0 saturated heterocycles. The fourth-order valence-electron chi connectivity index (χ4n) is 2.24. The summed E-state index contributed by atoms with van der Waals surface area (Å²) in [6, 6.07) is 10.5. The Morgan fingerprint density at radius 2 is 2.05 bits per heavy atom. The quantitative estimate of drug-likeness (QED) is 0.757. The smallest absolute Gasteiger partial charge is 0.142 e. The lowest BCUT2D eigenvalue weighted by Crippen LogP contribution is -2.04. The Labute approximate surface area is 126 Å². The molecule has 0 aliphatic carbocycles. The van der Waals surface area contributed by atoms with Crippen molar-refractivity contribution in [2.24, 2.45) is 5.73 Å². The maximum atomic E-state index is 13.6. The summed E-state index contributed by atoms with van der Waals surface area (Å²) in [6.45, 7) is 0.411. The molecule has 3 N–H and O–H groups in total. The number of hydrogen-bond donors (Lipinski definition) is 2. The summed E-state index contributed by atoms with van der Waals surface area (Å²) >= 11 is 5.84. The average Bonchev–Trinajstić information content (AvgIpc) is 2.92. The molecule has 0 aliphatic rings. The van der Waals surface area contributed by atoms with Crippen molar-refractivity contribution in [3.8, 4) is 11.5 Å². The van der Waals surface area contributed by atoms with E-state index >= 15 is 0 Å². The van der Waals surface area contributed by atoms with Crippen LogP contribution in [0.1, 0.15) is 5.56 Å². The first-order valence-electron chi connectivity index (χ1n) is 6.60. The van der Waals surface area contributed by atoms with Crippen molar-refractivity contribution in [3.63, 3.8) is 0 Å². The normalized spacial score (nSPS) is 11.0. The lowest BCUT2D eigenvalue weighted by atomic mass is 10.1. The number of nitrogens with two attached hydrogens (primary N) is 1. The fraction of sp³-hybridized carbons (Fsp3) is 0.125. The second-order valence-electron chi connectivity index (χ2n) is 4.74. The molecule has 1 heterocycles. The van der Waals surface area contributed by atoms with Gasteiger partial charge < -0.3 is 15.5 Å². The third kappa shape index (κ3) is 2.86. The molecule has 0 atom stereocenters. The summed E-state index contributed by atoms with van der Waals surface area (Å²) in [5, 5.41) is 1.08. The molecular weight excluding hydrogens is 291 g/mol. The van der Waals surface area contributed by atoms with Crippen LogP contribution in [0.3, 0.4) is 0 Å². The highest BCUT2D eigenvalue weighted by molar-refractivity contribution is 6.30. The first kappa shape index (κ1) is 13.9. The van der Waals surface area contributed by atoms with E-state index in [0.29, 0.717) is 30.0 Å². The zero-order valence-corrected chi connectivity index (χ0v) is 12.0. The maximum absolute atomic E-state index is 13.6. The highest BCUT2D eigenvalue weighted by atomic mass is 35.5. The Balaban J connectivity index is 1.97. The number of rotatable bonds is 4. The maximum Gasteiger partial charge on any atom is 0.142 e. The van der Waals surface area contributed by atoms with Crippen LogP contribution in [0.15, 0.2) is 42.6 Å². The van der Waals surface area contributed by atoms with E-state index in [2.05, 4.69) is 4.98 Å². The molecule has 1 aromatic heterocycles. The van der Waals surface area contributed by atoms with Crippen LogP contribution in [0.5, 0.6) is 11.5 Å². The molecule has 0 unspecified atom stereocenters. The van der Waals surface area contributed by atoms with Gasteiger partial charge in [-0.05, 0) is 48.9 Å². The van der Waals surface area contributed by atoms with Gasteiger partial charge in [0.25, 0.3) is 0 Å². The second-order valence-corrected chi connectivity index (χ2v) is 5.15. The molecule has 0 saturated carbocycles. The molecule has 108 valence electrons. The van der Waals surface area contributed by atoms with E-state index in [9.17, 15) is 4.39 Å². The molecule has 2 aromatic carbocycles. The number of nitrogens with one attached hydrogen (secondary N) is 1. The number of aromatic amines is 1. The lowest BCUT2D eigenvalue weighted by Gasteiger charge is -2.12. The van der Waals surface area contributed by atoms with Crippen LogP contribution in [0.4, 0.5) is 4.39 Å². The fourth-order valence-corrected chi connectivity index (χ4v) is 2.39. The molecule has 3 nitrogen and oxygen atoms in total. The van der Waals surface area contributed by atoms with Gasteiger partial charge in [-0.3, -0.25) is 0 Å². The summed E-state index contributed by atoms with van der Waals surface area (Å²) in [5.41, 5.74) is 7.29. The van der Waals surface area contributed by atoms with Gasteiger partial charge in [-0.2, -0.15) is 0 Å². The van der Waals surface area contributed by atoms with Crippen molar-refractivity contribution < 1.29 is 9.13 Å². The summed E-state index contributed by atoms with van der Waals surface area (Å²) < 4.78 is 19.4. The summed E-state index contributed by atoms with van der Waals surface area (Å²) in [5.74, 6) is 0.735. The van der Waals surface area contributed by atoms with E-state index < -0.39 is 5.82 Å². The third-order valence-electron chi connectivity index (χ3n) is 3.27. The van der Waals surface area contributed by atoms with Crippen molar-refractivity contribution in [1.29, 1.82) is 0 Å². The Morgan fingerprint density at radius 3 is 2.86 bits per heavy atom. The lowest BCUT2D eigenvalue weighted by molar-refractivity contribution is 0.474. The van der Waals surface area contributed by atoms with E-state index in [1.165, 1.54) is 12.1 Å². The average molecular weight is 305 g/mol. The molecule has 0 fully saturated rings. The number of benzene rings is 2. The van der Waals surface area contributed by atoms with E-state index in [4.69, 9.17) is 22.1 Å². The molecule has 0 radical (unpaired) electrons. The van der Waals surface area contributed by atoms with Crippen molar-refractivity contribution >= 4 is 22.5 Å². The van der Waals surface area contributed by atoms with Gasteiger partial charge in [-0.15, -0.1) is 0 Å². The molecule has 0 bridgehead atoms. The minimum absolute atomic E-state index is 0.0356. The van der Waals surface area contributed by atoms with Gasteiger partial charge in [0, 0.05) is 23.2 Å². The number of H-pyrrole nitrogens is 1. The zero-order valence-electron chi connectivity index (χ0n) is 11.2. The zero-order chi connectivity index (χ0) is 14.8. The minimum atomic E-state index is -0.464. The van der Waals surface area contributed by atoms with Crippen molar-refractivity contribution in [2.75, 3.05) is 6.54 Å². The highest BCUT2D eigenvalue weighted by Crippen LogP contribution is 2.31. The van der Waals surface area contributed by atoms with E-state index in [1.54, 1.807) is 0 Å². The molecule has 3 aromatic rings. The first-order valence-corrected chi connectivity index (χ1v) is 6.98. The predicted octanol–water partition coefficient (Wildman–Crippen LogP) is 4.25. The second kappa shape index (κ2) is 5.76. The molecule has 0 amide bonds. The van der Waals surface area contributed by atoms with Crippen LogP contribution < -0.4 is 10.5 Å². The highest BCUT2D eigenvalue weighted by Gasteiger charge is 2.11. The summed E-state index contributed by atoms with van der Waals surface area (Å²) in [4.78, 5) is 3.12. The minimum Gasteiger partial charge on any atom is -0.457 e. The summed E-state index contributed by atoms with van der Waals surface area (Å²) in [6.07, 6.45) is 2.39. The van der Waals surface area contributed by atoms with Gasteiger partial charge in [0.1, 0.15) is 17.3 Å². The van der Waals surface area contributed by atoms with Crippen LogP contribution in [0, 0.1) is 5.82 Å². The molecule has 0 aliphatic heterocycles. The van der Waals surface area contributed by atoms with E-state index in [0.717, 1.165) is 10.9 Å². The van der Waals surface area contributed by atoms with Gasteiger partial charge in [-0.25, -0.2) is 4.39 Å². The topological polar surface area (TPSA) is 51.0 Å². The Morgan fingerprint density at radius 1 is 1.19 bits per heavy atom. The van der Waals surface area contributed by atoms with Crippen molar-refractivity contribution in [1.82, 2.24) is 4.98 Å². The van der Waals surface area contributed by atoms with Gasteiger partial charge in [-0.1, -0.05) is 11.6 Å². The van der Waals surface area contributed by atoms with Gasteiger partial charge >= 0.3 is 0 Å². The third-order valence-corrected chi connectivity index (χ3v) is 3.56. The molecule has 0 spiro atoms. The molecule has 5 heteroatoms. The van der Waals surface area contributed by atoms with Gasteiger partial charge in [0.15, 0.2) is 0 Å². The van der Waals surface area contributed by atoms with Crippen LogP contribution in [0.25, 0.3) is 10.9 Å². The molecular formula is C16H14ClFN2O. The molecule has 3 rings (SSSR count). The number of ether oxygens (including phenoxy) is 1. The standard InChI is InChI=1S/C16H14ClFN2O/c17-13-9-16(11(3-5-19)8-14(13)18)21-12-1-2-15-10(7-12)4-6-20-15/h1-2,4,6-9,20H,3,5,19H2. The first-order chi connectivity index (χ1) is 10.2.